The average Bonchev–Trinajstić information content (AvgIpc) is 2.62. The molecule has 134 valence electrons. The topological polar surface area (TPSA) is 41.6 Å². The van der Waals surface area contributed by atoms with Crippen molar-refractivity contribution in [3.63, 3.8) is 0 Å². The van der Waals surface area contributed by atoms with Gasteiger partial charge in [0.2, 0.25) is 5.91 Å². The van der Waals surface area contributed by atoms with E-state index >= 15 is 0 Å². The van der Waals surface area contributed by atoms with Crippen LogP contribution in [0.1, 0.15) is 30.6 Å². The zero-order valence-corrected chi connectivity index (χ0v) is 15.2. The second-order valence-electron chi connectivity index (χ2n) is 6.29. The molecule has 1 amide bonds. The second kappa shape index (κ2) is 10.6. The van der Waals surface area contributed by atoms with Crippen LogP contribution in [0.4, 0.5) is 0 Å². The molecule has 4 nitrogen and oxygen atoms in total. The van der Waals surface area contributed by atoms with Crippen LogP contribution < -0.4 is 5.32 Å². The van der Waals surface area contributed by atoms with E-state index in [1.165, 1.54) is 11.1 Å². The Labute approximate surface area is 150 Å². The van der Waals surface area contributed by atoms with Crippen LogP contribution >= 0.6 is 0 Å². The highest BCUT2D eigenvalue weighted by Gasteiger charge is 2.07. The fraction of sp³-hybridized carbons (Fsp3) is 0.381. The van der Waals surface area contributed by atoms with Gasteiger partial charge in [0.05, 0.1) is 12.6 Å². The van der Waals surface area contributed by atoms with Crippen molar-refractivity contribution in [3.05, 3.63) is 71.8 Å². The Hall–Kier alpha value is -2.17. The Balaban J connectivity index is 1.56. The molecule has 4 heteroatoms. The first-order valence-electron chi connectivity index (χ1n) is 8.81. The van der Waals surface area contributed by atoms with Crippen molar-refractivity contribution >= 4 is 5.91 Å². The molecular weight excluding hydrogens is 312 g/mol. The minimum absolute atomic E-state index is 0.0505. The Kier molecular flexibility index (Phi) is 8.16. The van der Waals surface area contributed by atoms with Crippen molar-refractivity contribution in [1.29, 1.82) is 0 Å². The average molecular weight is 340 g/mol. The number of hydrogen-bond donors (Lipinski definition) is 1. The summed E-state index contributed by atoms with van der Waals surface area (Å²) >= 11 is 0. The summed E-state index contributed by atoms with van der Waals surface area (Å²) in [7, 11) is 1.96. The smallest absolute Gasteiger partial charge is 0.234 e. The predicted molar refractivity (Wildman–Crippen MR) is 101 cm³/mol. The van der Waals surface area contributed by atoms with Crippen LogP contribution in [0.2, 0.25) is 0 Å². The van der Waals surface area contributed by atoms with E-state index in [4.69, 9.17) is 4.74 Å². The van der Waals surface area contributed by atoms with Crippen LogP contribution in [0.3, 0.4) is 0 Å². The van der Waals surface area contributed by atoms with Crippen molar-refractivity contribution < 1.29 is 9.53 Å². The van der Waals surface area contributed by atoms with Gasteiger partial charge >= 0.3 is 0 Å². The number of ether oxygens (including phenoxy) is 1. The number of nitrogens with one attached hydrogen (secondary N) is 1. The van der Waals surface area contributed by atoms with Crippen LogP contribution in [0.5, 0.6) is 0 Å². The number of amides is 1. The lowest BCUT2D eigenvalue weighted by atomic mass is 10.1. The summed E-state index contributed by atoms with van der Waals surface area (Å²) in [6, 6.07) is 20.3. The third kappa shape index (κ3) is 7.50. The molecule has 0 radical (unpaired) electrons. The maximum Gasteiger partial charge on any atom is 0.234 e. The van der Waals surface area contributed by atoms with E-state index < -0.39 is 0 Å². The minimum Gasteiger partial charge on any atom is -0.374 e. The molecule has 2 rings (SSSR count). The maximum absolute atomic E-state index is 12.0. The van der Waals surface area contributed by atoms with E-state index in [9.17, 15) is 4.79 Å². The van der Waals surface area contributed by atoms with Crippen LogP contribution in [-0.4, -0.2) is 37.6 Å². The number of carbonyl (C=O) groups is 1. The van der Waals surface area contributed by atoms with Gasteiger partial charge in [-0.2, -0.15) is 0 Å². The summed E-state index contributed by atoms with van der Waals surface area (Å²) in [6.45, 7) is 4.49. The number of benzene rings is 2. The molecule has 0 bridgehead atoms. The molecule has 0 fully saturated rings. The molecule has 2 aromatic rings. The van der Waals surface area contributed by atoms with Gasteiger partial charge in [0, 0.05) is 19.7 Å². The molecular formula is C21H28N2O2. The fourth-order valence-corrected chi connectivity index (χ4v) is 2.63. The molecule has 0 aliphatic heterocycles. The van der Waals surface area contributed by atoms with Crippen molar-refractivity contribution in [2.75, 3.05) is 26.7 Å². The lowest BCUT2D eigenvalue weighted by Gasteiger charge is -2.17. The molecule has 0 aliphatic rings. The van der Waals surface area contributed by atoms with E-state index in [2.05, 4.69) is 29.6 Å². The zero-order chi connectivity index (χ0) is 17.9. The molecule has 1 atom stereocenters. The number of rotatable bonds is 10. The zero-order valence-electron chi connectivity index (χ0n) is 15.2. The largest absolute Gasteiger partial charge is 0.374 e. The van der Waals surface area contributed by atoms with E-state index in [0.717, 1.165) is 13.0 Å². The predicted octanol–water partition coefficient (Wildman–Crippen LogP) is 3.40. The van der Waals surface area contributed by atoms with Crippen LogP contribution in [-0.2, 0) is 16.1 Å². The molecule has 0 aromatic heterocycles. The summed E-state index contributed by atoms with van der Waals surface area (Å²) in [6.07, 6.45) is 0.889. The summed E-state index contributed by atoms with van der Waals surface area (Å²) < 4.78 is 5.81. The maximum atomic E-state index is 12.0. The van der Waals surface area contributed by atoms with Gasteiger partial charge in [-0.25, -0.2) is 0 Å². The highest BCUT2D eigenvalue weighted by atomic mass is 16.5. The van der Waals surface area contributed by atoms with Gasteiger partial charge in [0.1, 0.15) is 0 Å². The van der Waals surface area contributed by atoms with Gasteiger partial charge in [0.25, 0.3) is 0 Å². The second-order valence-corrected chi connectivity index (χ2v) is 6.29. The highest BCUT2D eigenvalue weighted by molar-refractivity contribution is 5.77. The minimum atomic E-state index is 0.0505. The van der Waals surface area contributed by atoms with Gasteiger partial charge in [-0.1, -0.05) is 60.7 Å². The first-order valence-corrected chi connectivity index (χ1v) is 8.81. The Morgan fingerprint density at radius 3 is 2.40 bits per heavy atom. The van der Waals surface area contributed by atoms with Crippen molar-refractivity contribution in [2.45, 2.75) is 26.0 Å². The van der Waals surface area contributed by atoms with E-state index in [1.807, 2.05) is 55.3 Å². The number of likely N-dealkylation sites (N-methyl/N-ethyl adjacent to an activating group) is 1. The molecule has 0 saturated carbocycles. The standard InChI is InChI=1S/C21H28N2O2/c1-18(20-12-7-4-8-13-20)25-15-9-14-22-21(24)17-23(2)16-19-10-5-3-6-11-19/h3-8,10-13,18H,9,14-17H2,1-2H3,(H,22,24). The molecule has 1 unspecified atom stereocenters. The van der Waals surface area contributed by atoms with Crippen LogP contribution in [0.15, 0.2) is 60.7 Å². The first kappa shape index (κ1) is 19.2. The number of nitrogens with zero attached hydrogens (tertiary/aromatic N) is 1. The quantitative estimate of drug-likeness (QED) is 0.674. The van der Waals surface area contributed by atoms with E-state index in [-0.39, 0.29) is 12.0 Å². The Bertz CT molecular complexity index is 616. The third-order valence-corrected chi connectivity index (χ3v) is 3.99. The van der Waals surface area contributed by atoms with E-state index in [1.54, 1.807) is 0 Å². The third-order valence-electron chi connectivity index (χ3n) is 3.99. The molecule has 0 aliphatic carbocycles. The lowest BCUT2D eigenvalue weighted by Crippen LogP contribution is -2.35. The van der Waals surface area contributed by atoms with Crippen molar-refractivity contribution in [3.8, 4) is 0 Å². The Morgan fingerprint density at radius 1 is 1.08 bits per heavy atom. The summed E-state index contributed by atoms with van der Waals surface area (Å²) in [5, 5.41) is 2.95. The van der Waals surface area contributed by atoms with Gasteiger partial charge in [-0.05, 0) is 31.5 Å². The lowest BCUT2D eigenvalue weighted by molar-refractivity contribution is -0.122. The molecule has 25 heavy (non-hydrogen) atoms. The van der Waals surface area contributed by atoms with Crippen molar-refractivity contribution in [1.82, 2.24) is 10.2 Å². The SMILES string of the molecule is CC(OCCCNC(=O)CN(C)Cc1ccccc1)c1ccccc1. The normalized spacial score (nSPS) is 12.1. The summed E-state index contributed by atoms with van der Waals surface area (Å²) in [5.41, 5.74) is 2.38. The molecule has 0 saturated heterocycles. The highest BCUT2D eigenvalue weighted by Crippen LogP contribution is 2.15. The monoisotopic (exact) mass is 340 g/mol. The molecule has 0 spiro atoms. The molecule has 2 aromatic carbocycles. The Morgan fingerprint density at radius 2 is 1.72 bits per heavy atom. The van der Waals surface area contributed by atoms with Gasteiger partial charge in [0.15, 0.2) is 0 Å². The van der Waals surface area contributed by atoms with E-state index in [0.29, 0.717) is 19.7 Å². The van der Waals surface area contributed by atoms with Gasteiger partial charge < -0.3 is 10.1 Å². The summed E-state index contributed by atoms with van der Waals surface area (Å²) in [5.74, 6) is 0.0505. The van der Waals surface area contributed by atoms with Crippen LogP contribution in [0.25, 0.3) is 0 Å². The van der Waals surface area contributed by atoms with Crippen molar-refractivity contribution in [2.24, 2.45) is 0 Å². The number of carbonyl (C=O) groups excluding carboxylic acids is 1. The molecule has 0 heterocycles. The van der Waals surface area contributed by atoms with Gasteiger partial charge in [-0.3, -0.25) is 9.69 Å². The van der Waals surface area contributed by atoms with Crippen LogP contribution in [0, 0.1) is 0 Å². The molecule has 1 N–H and O–H groups in total. The first-order chi connectivity index (χ1) is 12.1. The number of hydrogen-bond acceptors (Lipinski definition) is 3. The fourth-order valence-electron chi connectivity index (χ4n) is 2.63. The summed E-state index contributed by atoms with van der Waals surface area (Å²) in [4.78, 5) is 14.0. The van der Waals surface area contributed by atoms with Gasteiger partial charge in [-0.15, -0.1) is 0 Å².